The Hall–Kier alpha value is -0.310. The van der Waals surface area contributed by atoms with Crippen LogP contribution in [0.4, 0.5) is 0 Å². The summed E-state index contributed by atoms with van der Waals surface area (Å²) in [5, 5.41) is 17.5. The van der Waals surface area contributed by atoms with Gasteiger partial charge in [0.2, 0.25) is 0 Å². The van der Waals surface area contributed by atoms with E-state index in [-0.39, 0.29) is 12.4 Å². The summed E-state index contributed by atoms with van der Waals surface area (Å²) in [5.41, 5.74) is 0. The topological polar surface area (TPSA) is 72.3 Å². The lowest BCUT2D eigenvalue weighted by Gasteiger charge is -2.07. The molecule has 0 aromatic carbocycles. The van der Waals surface area contributed by atoms with Gasteiger partial charge < -0.3 is 9.84 Å². The van der Waals surface area contributed by atoms with Gasteiger partial charge in [0.25, 0.3) is 0 Å². The number of hydrogen-bond donors (Lipinski definition) is 1. The second-order valence-electron chi connectivity index (χ2n) is 3.01. The molecule has 0 aliphatic rings. The Morgan fingerprint density at radius 1 is 1.53 bits per heavy atom. The number of hydrogen-bond acceptors (Lipinski definition) is 8. The number of ether oxygens (including phenoxy) is 1. The summed E-state index contributed by atoms with van der Waals surface area (Å²) in [6.45, 7) is 2.08. The molecular weight excluding hydrogens is 280 g/mol. The summed E-state index contributed by atoms with van der Waals surface area (Å²) in [7, 11) is 0. The van der Waals surface area contributed by atoms with Gasteiger partial charge in [-0.1, -0.05) is 34.9 Å². The van der Waals surface area contributed by atoms with Crippen molar-refractivity contribution in [2.24, 2.45) is 0 Å². The number of carbonyl (C=O) groups excluding carboxylic acids is 1. The third-order valence-electron chi connectivity index (χ3n) is 1.67. The lowest BCUT2D eigenvalue weighted by Crippen LogP contribution is -2.17. The predicted octanol–water partition coefficient (Wildman–Crippen LogP) is 1.67. The van der Waals surface area contributed by atoms with E-state index >= 15 is 0 Å². The van der Waals surface area contributed by atoms with Crippen molar-refractivity contribution in [3.63, 3.8) is 0 Å². The molecule has 0 saturated carbocycles. The molecule has 96 valence electrons. The Bertz CT molecular complexity index is 359. The lowest BCUT2D eigenvalue weighted by atomic mass is 10.3. The van der Waals surface area contributed by atoms with Crippen molar-refractivity contribution in [2.75, 3.05) is 18.6 Å². The first-order valence-electron chi connectivity index (χ1n) is 4.99. The van der Waals surface area contributed by atoms with Crippen molar-refractivity contribution < 1.29 is 14.6 Å². The van der Waals surface area contributed by atoms with E-state index in [0.29, 0.717) is 12.4 Å². The second kappa shape index (κ2) is 7.91. The van der Waals surface area contributed by atoms with Gasteiger partial charge in [0.05, 0.1) is 19.1 Å². The fourth-order valence-electron chi connectivity index (χ4n) is 0.977. The first-order chi connectivity index (χ1) is 8.15. The molecule has 0 bridgehead atoms. The molecule has 1 aromatic rings. The maximum absolute atomic E-state index is 11.1. The Morgan fingerprint density at radius 3 is 2.82 bits per heavy atom. The van der Waals surface area contributed by atoms with Gasteiger partial charge in [0, 0.05) is 5.75 Å². The quantitative estimate of drug-likeness (QED) is 0.605. The highest BCUT2D eigenvalue weighted by Gasteiger charge is 2.13. The van der Waals surface area contributed by atoms with Crippen molar-refractivity contribution in [1.82, 2.24) is 10.2 Å². The van der Waals surface area contributed by atoms with Crippen LogP contribution in [0.2, 0.25) is 0 Å². The molecule has 1 unspecified atom stereocenters. The molecule has 0 saturated heterocycles. The van der Waals surface area contributed by atoms with Crippen molar-refractivity contribution in [2.45, 2.75) is 28.1 Å². The van der Waals surface area contributed by atoms with Crippen LogP contribution in [0.15, 0.2) is 8.68 Å². The molecule has 1 rings (SSSR count). The Balaban J connectivity index is 2.27. The van der Waals surface area contributed by atoms with Crippen molar-refractivity contribution in [1.29, 1.82) is 0 Å². The SMILES string of the molecule is CCOC(=O)CC(O)CSc1nnc(SC)s1. The zero-order valence-electron chi connectivity index (χ0n) is 9.58. The van der Waals surface area contributed by atoms with Crippen LogP contribution in [0.25, 0.3) is 0 Å². The number of aliphatic hydroxyl groups excluding tert-OH is 1. The van der Waals surface area contributed by atoms with E-state index in [1.165, 1.54) is 34.9 Å². The van der Waals surface area contributed by atoms with Gasteiger partial charge in [0.15, 0.2) is 8.68 Å². The largest absolute Gasteiger partial charge is 0.466 e. The normalized spacial score (nSPS) is 12.4. The number of nitrogens with zero attached hydrogens (tertiary/aromatic N) is 2. The molecule has 0 aliphatic carbocycles. The van der Waals surface area contributed by atoms with Crippen LogP contribution in [-0.2, 0) is 9.53 Å². The minimum Gasteiger partial charge on any atom is -0.466 e. The monoisotopic (exact) mass is 294 g/mol. The Kier molecular flexibility index (Phi) is 6.86. The predicted molar refractivity (Wildman–Crippen MR) is 69.7 cm³/mol. The molecule has 0 amide bonds. The van der Waals surface area contributed by atoms with E-state index in [2.05, 4.69) is 10.2 Å². The van der Waals surface area contributed by atoms with Crippen LogP contribution < -0.4 is 0 Å². The average Bonchev–Trinajstić information content (AvgIpc) is 2.74. The zero-order valence-corrected chi connectivity index (χ0v) is 12.0. The van der Waals surface area contributed by atoms with Gasteiger partial charge in [-0.15, -0.1) is 10.2 Å². The average molecular weight is 294 g/mol. The van der Waals surface area contributed by atoms with Crippen molar-refractivity contribution >= 4 is 40.8 Å². The van der Waals surface area contributed by atoms with E-state index in [0.717, 1.165) is 8.68 Å². The number of aromatic nitrogens is 2. The minimum atomic E-state index is -0.708. The summed E-state index contributed by atoms with van der Waals surface area (Å²) in [5.74, 6) is 0.0459. The van der Waals surface area contributed by atoms with Crippen LogP contribution in [0, 0.1) is 0 Å². The summed E-state index contributed by atoms with van der Waals surface area (Å²) in [6, 6.07) is 0. The first kappa shape index (κ1) is 14.7. The van der Waals surface area contributed by atoms with Crippen LogP contribution in [0.3, 0.4) is 0 Å². The molecule has 8 heteroatoms. The van der Waals surface area contributed by atoms with Crippen molar-refractivity contribution in [3.05, 3.63) is 0 Å². The van der Waals surface area contributed by atoms with E-state index in [4.69, 9.17) is 4.74 Å². The zero-order chi connectivity index (χ0) is 12.7. The van der Waals surface area contributed by atoms with Crippen molar-refractivity contribution in [3.8, 4) is 0 Å². The maximum Gasteiger partial charge on any atom is 0.308 e. The summed E-state index contributed by atoms with van der Waals surface area (Å²) < 4.78 is 6.45. The fraction of sp³-hybridized carbons (Fsp3) is 0.667. The molecule has 1 heterocycles. The molecular formula is C9H14N2O3S3. The number of aliphatic hydroxyl groups is 1. The van der Waals surface area contributed by atoms with Crippen LogP contribution in [-0.4, -0.2) is 46.0 Å². The van der Waals surface area contributed by atoms with Gasteiger partial charge in [-0.05, 0) is 13.2 Å². The Morgan fingerprint density at radius 2 is 2.24 bits per heavy atom. The number of carbonyl (C=O) groups is 1. The second-order valence-corrected chi connectivity index (χ2v) is 6.31. The van der Waals surface area contributed by atoms with E-state index in [9.17, 15) is 9.90 Å². The highest BCUT2D eigenvalue weighted by atomic mass is 32.2. The number of thioether (sulfide) groups is 2. The molecule has 5 nitrogen and oxygen atoms in total. The lowest BCUT2D eigenvalue weighted by molar-refractivity contribution is -0.144. The number of rotatable bonds is 7. The highest BCUT2D eigenvalue weighted by molar-refractivity contribution is 8.02. The van der Waals surface area contributed by atoms with E-state index < -0.39 is 6.10 Å². The third kappa shape index (κ3) is 5.71. The fourth-order valence-corrected chi connectivity index (χ4v) is 3.37. The minimum absolute atomic E-state index is 0.0228. The third-order valence-corrected chi connectivity index (χ3v) is 4.85. The molecule has 1 aromatic heterocycles. The molecule has 0 spiro atoms. The molecule has 17 heavy (non-hydrogen) atoms. The van der Waals surface area contributed by atoms with Gasteiger partial charge >= 0.3 is 5.97 Å². The smallest absolute Gasteiger partial charge is 0.308 e. The summed E-state index contributed by atoms with van der Waals surface area (Å²) in [4.78, 5) is 11.1. The molecule has 0 radical (unpaired) electrons. The highest BCUT2D eigenvalue weighted by Crippen LogP contribution is 2.27. The Labute approximate surface area is 112 Å². The van der Waals surface area contributed by atoms with E-state index in [1.807, 2.05) is 6.26 Å². The van der Waals surface area contributed by atoms with Gasteiger partial charge in [0.1, 0.15) is 0 Å². The van der Waals surface area contributed by atoms with Gasteiger partial charge in [-0.2, -0.15) is 0 Å². The molecule has 1 N–H and O–H groups in total. The van der Waals surface area contributed by atoms with Crippen LogP contribution in [0.1, 0.15) is 13.3 Å². The molecule has 0 fully saturated rings. The van der Waals surface area contributed by atoms with Crippen LogP contribution in [0.5, 0.6) is 0 Å². The summed E-state index contributed by atoms with van der Waals surface area (Å²) >= 11 is 4.42. The summed E-state index contributed by atoms with van der Waals surface area (Å²) in [6.07, 6.45) is 1.25. The standard InChI is InChI=1S/C9H14N2O3S3/c1-3-14-7(13)4-6(12)5-16-9-11-10-8(15-2)17-9/h6,12H,3-5H2,1-2H3. The maximum atomic E-state index is 11.1. The van der Waals surface area contributed by atoms with Gasteiger partial charge in [-0.25, -0.2) is 0 Å². The first-order valence-corrected chi connectivity index (χ1v) is 8.02. The number of esters is 1. The van der Waals surface area contributed by atoms with Gasteiger partial charge in [-0.3, -0.25) is 4.79 Å². The van der Waals surface area contributed by atoms with E-state index in [1.54, 1.807) is 6.92 Å². The van der Waals surface area contributed by atoms with Crippen LogP contribution >= 0.6 is 34.9 Å². The molecule has 1 atom stereocenters. The molecule has 0 aliphatic heterocycles.